The number of amides is 1. The summed E-state index contributed by atoms with van der Waals surface area (Å²) in [6, 6.07) is 3.22. The molecule has 0 saturated carbocycles. The summed E-state index contributed by atoms with van der Waals surface area (Å²) < 4.78 is 25.1. The number of hydrogen-bond donors (Lipinski definition) is 1. The number of carbonyl (C=O) groups excluding carboxylic acids is 1. The molecule has 1 aromatic rings. The highest BCUT2D eigenvalue weighted by molar-refractivity contribution is 5.46. The van der Waals surface area contributed by atoms with E-state index in [1.807, 2.05) is 0 Å². The summed E-state index contributed by atoms with van der Waals surface area (Å²) in [4.78, 5) is 9.85. The summed E-state index contributed by atoms with van der Waals surface area (Å²) in [6.45, 7) is 0.0790. The molecule has 0 saturated heterocycles. The Hall–Kier alpha value is -1.45. The maximum atomic E-state index is 12.8. The average molecular weight is 187 g/mol. The fourth-order valence-electron chi connectivity index (χ4n) is 0.817. The van der Waals surface area contributed by atoms with Crippen LogP contribution in [-0.2, 0) is 11.3 Å². The third-order valence-corrected chi connectivity index (χ3v) is 1.39. The number of carbonyl (C=O) groups is 1. The van der Waals surface area contributed by atoms with Crippen LogP contribution < -0.4 is 5.32 Å². The van der Waals surface area contributed by atoms with Gasteiger partial charge in [0.15, 0.2) is 0 Å². The van der Waals surface area contributed by atoms with Crippen molar-refractivity contribution in [2.45, 2.75) is 14.0 Å². The minimum Gasteiger partial charge on any atom is -0.354 e. The maximum absolute atomic E-state index is 12.8. The van der Waals surface area contributed by atoms with Gasteiger partial charge < -0.3 is 5.32 Å². The lowest BCUT2D eigenvalue weighted by Gasteiger charge is -2.00. The van der Waals surface area contributed by atoms with Crippen molar-refractivity contribution in [3.8, 4) is 0 Å². The normalized spacial score (nSPS) is 8.77. The predicted octanol–water partition coefficient (Wildman–Crippen LogP) is 1.85. The molecule has 0 aliphatic heterocycles. The van der Waals surface area contributed by atoms with Crippen molar-refractivity contribution >= 4 is 6.41 Å². The lowest BCUT2D eigenvalue weighted by molar-refractivity contribution is -0.109. The second-order valence-corrected chi connectivity index (χ2v) is 2.23. The van der Waals surface area contributed by atoms with Crippen LogP contribution in [0.15, 0.2) is 18.2 Å². The molecule has 0 bridgehead atoms. The van der Waals surface area contributed by atoms with Crippen molar-refractivity contribution in [3.63, 3.8) is 0 Å². The van der Waals surface area contributed by atoms with Gasteiger partial charge >= 0.3 is 0 Å². The summed E-state index contributed by atoms with van der Waals surface area (Å²) >= 11 is 0. The van der Waals surface area contributed by atoms with Gasteiger partial charge in [0.1, 0.15) is 11.6 Å². The Bertz CT molecular complexity index is 289. The standard InChI is InChI=1S/C8H7F2NO.CH4/c9-7-2-1-6(4-11-5-12)8(10)3-7;/h1-3,5H,4H2,(H,11,12);1H4. The molecule has 0 radical (unpaired) electrons. The van der Waals surface area contributed by atoms with E-state index < -0.39 is 11.6 Å². The van der Waals surface area contributed by atoms with Crippen molar-refractivity contribution in [3.05, 3.63) is 35.4 Å². The minimum absolute atomic E-state index is 0. The zero-order valence-corrected chi connectivity index (χ0v) is 6.18. The molecule has 0 aliphatic carbocycles. The van der Waals surface area contributed by atoms with Gasteiger partial charge in [-0.25, -0.2) is 8.78 Å². The molecule has 0 spiro atoms. The summed E-state index contributed by atoms with van der Waals surface area (Å²) in [5.74, 6) is -1.27. The molecule has 1 rings (SSSR count). The third-order valence-electron chi connectivity index (χ3n) is 1.39. The zero-order chi connectivity index (χ0) is 8.97. The van der Waals surface area contributed by atoms with Crippen LogP contribution in [0, 0.1) is 11.6 Å². The SMILES string of the molecule is C.O=CNCc1ccc(F)cc1F. The summed E-state index contributed by atoms with van der Waals surface area (Å²) in [7, 11) is 0. The smallest absolute Gasteiger partial charge is 0.207 e. The molecule has 0 fully saturated rings. The van der Waals surface area contributed by atoms with Crippen molar-refractivity contribution in [2.24, 2.45) is 0 Å². The van der Waals surface area contributed by atoms with Crippen LogP contribution in [0.5, 0.6) is 0 Å². The highest BCUT2D eigenvalue weighted by Crippen LogP contribution is 2.08. The zero-order valence-electron chi connectivity index (χ0n) is 6.18. The number of halogens is 2. The molecule has 0 unspecified atom stereocenters. The van der Waals surface area contributed by atoms with Gasteiger partial charge in [0.05, 0.1) is 0 Å². The van der Waals surface area contributed by atoms with Crippen LogP contribution in [0.1, 0.15) is 13.0 Å². The maximum Gasteiger partial charge on any atom is 0.207 e. The summed E-state index contributed by atoms with van der Waals surface area (Å²) in [6.07, 6.45) is 0.461. The molecule has 13 heavy (non-hydrogen) atoms. The van der Waals surface area contributed by atoms with Gasteiger partial charge in [-0.15, -0.1) is 0 Å². The molecule has 1 aromatic carbocycles. The molecular formula is C9H11F2NO. The van der Waals surface area contributed by atoms with Gasteiger partial charge in [0.25, 0.3) is 0 Å². The monoisotopic (exact) mass is 187 g/mol. The van der Waals surface area contributed by atoms with E-state index in [0.717, 1.165) is 12.1 Å². The Morgan fingerprint density at radius 1 is 1.38 bits per heavy atom. The van der Waals surface area contributed by atoms with Crippen molar-refractivity contribution in [1.82, 2.24) is 5.32 Å². The Kier molecular flexibility index (Phi) is 4.66. The lowest BCUT2D eigenvalue weighted by Crippen LogP contribution is -2.11. The van der Waals surface area contributed by atoms with Gasteiger partial charge in [-0.3, -0.25) is 4.79 Å². The van der Waals surface area contributed by atoms with Gasteiger partial charge in [-0.1, -0.05) is 13.5 Å². The van der Waals surface area contributed by atoms with Gasteiger partial charge in [-0.2, -0.15) is 0 Å². The van der Waals surface area contributed by atoms with E-state index in [1.165, 1.54) is 6.07 Å². The first-order chi connectivity index (χ1) is 5.74. The van der Waals surface area contributed by atoms with E-state index in [2.05, 4.69) is 5.32 Å². The van der Waals surface area contributed by atoms with E-state index in [0.29, 0.717) is 6.41 Å². The quantitative estimate of drug-likeness (QED) is 0.719. The average Bonchev–Trinajstić information content (AvgIpc) is 2.03. The highest BCUT2D eigenvalue weighted by atomic mass is 19.1. The molecule has 4 heteroatoms. The molecule has 1 N–H and O–H groups in total. The molecule has 0 aromatic heterocycles. The topological polar surface area (TPSA) is 29.1 Å². The molecule has 2 nitrogen and oxygen atoms in total. The number of hydrogen-bond acceptors (Lipinski definition) is 1. The van der Waals surface area contributed by atoms with E-state index >= 15 is 0 Å². The van der Waals surface area contributed by atoms with Crippen molar-refractivity contribution in [1.29, 1.82) is 0 Å². The molecule has 72 valence electrons. The molecule has 0 atom stereocenters. The minimum atomic E-state index is -0.649. The van der Waals surface area contributed by atoms with E-state index in [1.54, 1.807) is 0 Å². The Labute approximate surface area is 75.6 Å². The first-order valence-electron chi connectivity index (χ1n) is 3.35. The van der Waals surface area contributed by atoms with E-state index in [-0.39, 0.29) is 19.5 Å². The van der Waals surface area contributed by atoms with Crippen LogP contribution in [0.4, 0.5) is 8.78 Å². The molecule has 0 aliphatic rings. The van der Waals surface area contributed by atoms with Crippen LogP contribution >= 0.6 is 0 Å². The fourth-order valence-corrected chi connectivity index (χ4v) is 0.817. The van der Waals surface area contributed by atoms with Crippen molar-refractivity contribution in [2.75, 3.05) is 0 Å². The van der Waals surface area contributed by atoms with E-state index in [4.69, 9.17) is 0 Å². The van der Waals surface area contributed by atoms with Crippen molar-refractivity contribution < 1.29 is 13.6 Å². The summed E-state index contributed by atoms with van der Waals surface area (Å²) in [5, 5.41) is 2.28. The summed E-state index contributed by atoms with van der Waals surface area (Å²) in [5.41, 5.74) is 0.267. The largest absolute Gasteiger partial charge is 0.354 e. The van der Waals surface area contributed by atoms with E-state index in [9.17, 15) is 13.6 Å². The molecular weight excluding hydrogens is 176 g/mol. The fraction of sp³-hybridized carbons (Fsp3) is 0.222. The van der Waals surface area contributed by atoms with Crippen LogP contribution in [0.25, 0.3) is 0 Å². The predicted molar refractivity (Wildman–Crippen MR) is 46.0 cm³/mol. The van der Waals surface area contributed by atoms with Crippen LogP contribution in [-0.4, -0.2) is 6.41 Å². The second-order valence-electron chi connectivity index (χ2n) is 2.23. The molecule has 1 amide bonds. The number of nitrogens with one attached hydrogen (secondary N) is 1. The second kappa shape index (κ2) is 5.24. The first-order valence-corrected chi connectivity index (χ1v) is 3.35. The number of rotatable bonds is 3. The number of benzene rings is 1. The lowest BCUT2D eigenvalue weighted by atomic mass is 10.2. The Balaban J connectivity index is 0.00000144. The highest BCUT2D eigenvalue weighted by Gasteiger charge is 2.01. The van der Waals surface area contributed by atoms with Gasteiger partial charge in [-0.05, 0) is 6.07 Å². The Morgan fingerprint density at radius 3 is 2.62 bits per heavy atom. The Morgan fingerprint density at radius 2 is 2.08 bits per heavy atom. The van der Waals surface area contributed by atoms with Gasteiger partial charge in [0.2, 0.25) is 6.41 Å². The first kappa shape index (κ1) is 11.6. The van der Waals surface area contributed by atoms with Gasteiger partial charge in [0, 0.05) is 18.2 Å². The third kappa shape index (κ3) is 3.19. The molecule has 0 heterocycles. The van der Waals surface area contributed by atoms with Crippen LogP contribution in [0.2, 0.25) is 0 Å². The van der Waals surface area contributed by atoms with Crippen LogP contribution in [0.3, 0.4) is 0 Å².